The van der Waals surface area contributed by atoms with Crippen molar-refractivity contribution >= 4 is 17.5 Å². The molecule has 2 bridgehead atoms. The quantitative estimate of drug-likeness (QED) is 0.731. The van der Waals surface area contributed by atoms with Gasteiger partial charge in [-0.25, -0.2) is 4.98 Å². The van der Waals surface area contributed by atoms with Crippen LogP contribution in [-0.2, 0) is 17.5 Å². The Hall–Kier alpha value is -2.88. The molecular formula is C21H24F3N5O2. The van der Waals surface area contributed by atoms with Gasteiger partial charge in [-0.2, -0.15) is 13.2 Å². The van der Waals surface area contributed by atoms with Crippen molar-refractivity contribution in [3.05, 3.63) is 47.5 Å². The summed E-state index contributed by atoms with van der Waals surface area (Å²) in [6, 6.07) is 3.32. The number of hydrogen-bond donors (Lipinski definition) is 2. The van der Waals surface area contributed by atoms with Crippen molar-refractivity contribution in [2.45, 2.75) is 38.0 Å². The minimum Gasteiger partial charge on any atom is -0.347 e. The fourth-order valence-corrected chi connectivity index (χ4v) is 4.49. The summed E-state index contributed by atoms with van der Waals surface area (Å²) in [6.45, 7) is 1.10. The van der Waals surface area contributed by atoms with Crippen LogP contribution in [0.4, 0.5) is 18.9 Å². The Morgan fingerprint density at radius 3 is 2.71 bits per heavy atom. The normalized spacial score (nSPS) is 20.8. The summed E-state index contributed by atoms with van der Waals surface area (Å²) in [6.07, 6.45) is 1.78. The molecule has 10 heteroatoms. The van der Waals surface area contributed by atoms with E-state index in [0.717, 1.165) is 31.5 Å². The van der Waals surface area contributed by atoms with Gasteiger partial charge in [0.2, 0.25) is 5.91 Å². The van der Waals surface area contributed by atoms with Crippen LogP contribution >= 0.6 is 0 Å². The van der Waals surface area contributed by atoms with Gasteiger partial charge in [0.1, 0.15) is 5.82 Å². The van der Waals surface area contributed by atoms with Crippen LogP contribution in [-0.4, -0.2) is 57.8 Å². The van der Waals surface area contributed by atoms with Crippen LogP contribution in [0.3, 0.4) is 0 Å². The summed E-state index contributed by atoms with van der Waals surface area (Å²) in [5, 5.41) is 2.55. The van der Waals surface area contributed by atoms with Gasteiger partial charge in [-0.1, -0.05) is 0 Å². The van der Waals surface area contributed by atoms with Gasteiger partial charge in [0.05, 0.1) is 18.7 Å². The SMILES string of the molecule is CN(Cc1ncc[nH]1)C(=O)c1cc(NC(=O)CN2C[C@@H]3CC[C@H]2C3)cc(C(F)(F)F)c1. The average molecular weight is 435 g/mol. The highest BCUT2D eigenvalue weighted by molar-refractivity contribution is 5.98. The molecule has 2 aromatic rings. The molecule has 1 aliphatic carbocycles. The number of carbonyl (C=O) groups excluding carboxylic acids is 2. The highest BCUT2D eigenvalue weighted by Crippen LogP contribution is 2.37. The molecule has 1 aromatic carbocycles. The number of rotatable bonds is 6. The fourth-order valence-electron chi connectivity index (χ4n) is 4.49. The monoisotopic (exact) mass is 435 g/mol. The standard InChI is InChI=1S/C21H24F3N5O2/c1-28(11-18-25-4-5-26-18)20(31)14-7-15(21(22,23)24)9-16(8-14)27-19(30)12-29-10-13-2-3-17(29)6-13/h4-5,7-9,13,17H,2-3,6,10-12H2,1H3,(H,25,26)(H,27,30)/t13-,17+/m1/s1. The van der Waals surface area contributed by atoms with Crippen molar-refractivity contribution in [1.82, 2.24) is 19.8 Å². The van der Waals surface area contributed by atoms with Crippen LogP contribution in [0, 0.1) is 5.92 Å². The van der Waals surface area contributed by atoms with Gasteiger partial charge in [-0.3, -0.25) is 14.5 Å². The van der Waals surface area contributed by atoms with Crippen molar-refractivity contribution in [1.29, 1.82) is 0 Å². The number of fused-ring (bicyclic) bond motifs is 2. The molecule has 7 nitrogen and oxygen atoms in total. The lowest BCUT2D eigenvalue weighted by Gasteiger charge is -2.26. The largest absolute Gasteiger partial charge is 0.416 e. The third-order valence-electron chi connectivity index (χ3n) is 5.95. The van der Waals surface area contributed by atoms with Gasteiger partial charge >= 0.3 is 6.18 Å². The molecule has 4 rings (SSSR count). The number of anilines is 1. The van der Waals surface area contributed by atoms with Crippen molar-refractivity contribution in [2.24, 2.45) is 5.92 Å². The number of nitrogens with zero attached hydrogens (tertiary/aromatic N) is 3. The zero-order chi connectivity index (χ0) is 22.2. The summed E-state index contributed by atoms with van der Waals surface area (Å²) in [5.74, 6) is 0.139. The smallest absolute Gasteiger partial charge is 0.347 e. The second-order valence-electron chi connectivity index (χ2n) is 8.30. The predicted molar refractivity (Wildman–Crippen MR) is 107 cm³/mol. The van der Waals surface area contributed by atoms with Crippen LogP contribution in [0.25, 0.3) is 0 Å². The van der Waals surface area contributed by atoms with E-state index in [4.69, 9.17) is 0 Å². The Kier molecular flexibility index (Phi) is 5.74. The van der Waals surface area contributed by atoms with Gasteiger partial charge < -0.3 is 15.2 Å². The number of imidazole rings is 1. The van der Waals surface area contributed by atoms with E-state index in [1.165, 1.54) is 30.6 Å². The highest BCUT2D eigenvalue weighted by Gasteiger charge is 2.38. The summed E-state index contributed by atoms with van der Waals surface area (Å²) < 4.78 is 40.3. The first-order valence-corrected chi connectivity index (χ1v) is 10.2. The molecule has 1 saturated carbocycles. The van der Waals surface area contributed by atoms with Crippen molar-refractivity contribution in [2.75, 3.05) is 25.5 Å². The van der Waals surface area contributed by atoms with E-state index in [1.807, 2.05) is 0 Å². The van der Waals surface area contributed by atoms with Crippen LogP contribution < -0.4 is 5.32 Å². The van der Waals surface area contributed by atoms with E-state index in [2.05, 4.69) is 20.2 Å². The molecule has 2 fully saturated rings. The third-order valence-corrected chi connectivity index (χ3v) is 5.95. The Bertz CT molecular complexity index is 960. The average Bonchev–Trinajstić information content (AvgIpc) is 3.45. The molecule has 0 unspecified atom stereocenters. The summed E-state index contributed by atoms with van der Waals surface area (Å²) in [4.78, 5) is 35.5. The van der Waals surface area contributed by atoms with Gasteiger partial charge in [-0.15, -0.1) is 0 Å². The molecule has 1 aliphatic heterocycles. The molecule has 0 radical (unpaired) electrons. The van der Waals surface area contributed by atoms with E-state index < -0.39 is 17.6 Å². The predicted octanol–water partition coefficient (Wildman–Crippen LogP) is 3.12. The lowest BCUT2D eigenvalue weighted by atomic mass is 10.1. The zero-order valence-corrected chi connectivity index (χ0v) is 17.1. The molecule has 0 spiro atoms. The Morgan fingerprint density at radius 2 is 2.10 bits per heavy atom. The van der Waals surface area contributed by atoms with Gasteiger partial charge in [-0.05, 0) is 43.4 Å². The van der Waals surface area contributed by atoms with Gasteiger partial charge in [0, 0.05) is 43.3 Å². The highest BCUT2D eigenvalue weighted by atomic mass is 19.4. The van der Waals surface area contributed by atoms with Crippen molar-refractivity contribution < 1.29 is 22.8 Å². The maximum atomic E-state index is 13.4. The number of hydrogen-bond acceptors (Lipinski definition) is 4. The second kappa shape index (κ2) is 8.33. The number of alkyl halides is 3. The van der Waals surface area contributed by atoms with Gasteiger partial charge in [0.15, 0.2) is 0 Å². The maximum absolute atomic E-state index is 13.4. The fraction of sp³-hybridized carbons (Fsp3) is 0.476. The lowest BCUT2D eigenvalue weighted by molar-refractivity contribution is -0.137. The first-order chi connectivity index (χ1) is 14.7. The molecule has 1 saturated heterocycles. The second-order valence-corrected chi connectivity index (χ2v) is 8.30. The first-order valence-electron chi connectivity index (χ1n) is 10.2. The number of benzene rings is 1. The lowest BCUT2D eigenvalue weighted by Crippen LogP contribution is -2.38. The van der Waals surface area contributed by atoms with Crippen LogP contribution in [0.15, 0.2) is 30.6 Å². The number of aromatic amines is 1. The van der Waals surface area contributed by atoms with Crippen LogP contribution in [0.5, 0.6) is 0 Å². The maximum Gasteiger partial charge on any atom is 0.416 e. The molecule has 2 N–H and O–H groups in total. The van der Waals surface area contributed by atoms with Crippen LogP contribution in [0.2, 0.25) is 0 Å². The number of H-pyrrole nitrogens is 1. The van der Waals surface area contributed by atoms with E-state index in [9.17, 15) is 22.8 Å². The molecular weight excluding hydrogens is 411 g/mol. The van der Waals surface area contributed by atoms with E-state index in [1.54, 1.807) is 6.20 Å². The summed E-state index contributed by atoms with van der Waals surface area (Å²) in [5.41, 5.74) is -1.18. The van der Waals surface area contributed by atoms with Crippen LogP contribution in [0.1, 0.15) is 41.0 Å². The van der Waals surface area contributed by atoms with Gasteiger partial charge in [0.25, 0.3) is 5.91 Å². The number of carbonyl (C=O) groups is 2. The molecule has 31 heavy (non-hydrogen) atoms. The Morgan fingerprint density at radius 1 is 1.29 bits per heavy atom. The summed E-state index contributed by atoms with van der Waals surface area (Å²) in [7, 11) is 1.48. The molecule has 1 aromatic heterocycles. The number of halogens is 3. The summed E-state index contributed by atoms with van der Waals surface area (Å²) >= 11 is 0. The third kappa shape index (κ3) is 4.90. The van der Waals surface area contributed by atoms with E-state index in [0.29, 0.717) is 17.8 Å². The van der Waals surface area contributed by atoms with Crippen molar-refractivity contribution in [3.8, 4) is 0 Å². The first kappa shape index (κ1) is 21.4. The molecule has 2 atom stereocenters. The molecule has 166 valence electrons. The minimum atomic E-state index is -4.65. The molecule has 2 heterocycles. The molecule has 2 aliphatic rings. The topological polar surface area (TPSA) is 81.3 Å². The van der Waals surface area contributed by atoms with E-state index >= 15 is 0 Å². The van der Waals surface area contributed by atoms with E-state index in [-0.39, 0.29) is 30.2 Å². The Balaban J connectivity index is 1.50. The number of aromatic nitrogens is 2. The van der Waals surface area contributed by atoms with Crippen molar-refractivity contribution in [3.63, 3.8) is 0 Å². The number of piperidine rings is 1. The Labute approximate surface area is 177 Å². The molecule has 2 amide bonds. The minimum absolute atomic E-state index is 0.0427. The number of likely N-dealkylation sites (tertiary alicyclic amines) is 1. The zero-order valence-electron chi connectivity index (χ0n) is 17.1. The number of amides is 2. The number of nitrogens with one attached hydrogen (secondary N) is 2.